The molecule has 0 aliphatic carbocycles. The van der Waals surface area contributed by atoms with Crippen molar-refractivity contribution in [3.05, 3.63) is 35.4 Å². The first-order valence-electron chi connectivity index (χ1n) is 4.46. The van der Waals surface area contributed by atoms with Crippen LogP contribution in [0.4, 0.5) is 0 Å². The molecule has 0 unspecified atom stereocenters. The van der Waals surface area contributed by atoms with Gasteiger partial charge in [-0.2, -0.15) is 0 Å². The maximum atomic E-state index is 11.4. The molecule has 1 aromatic carbocycles. The van der Waals surface area contributed by atoms with Gasteiger partial charge in [-0.3, -0.25) is 0 Å². The Morgan fingerprint density at radius 2 is 2.12 bits per heavy atom. The van der Waals surface area contributed by atoms with Crippen molar-refractivity contribution >= 4 is 15.8 Å². The molecule has 1 N–H and O–H groups in total. The van der Waals surface area contributed by atoms with E-state index in [1.165, 1.54) is 25.3 Å². The highest BCUT2D eigenvalue weighted by Gasteiger charge is 2.12. The molecular formula is C10H12O5S. The first-order chi connectivity index (χ1) is 7.44. The van der Waals surface area contributed by atoms with Gasteiger partial charge in [-0.1, -0.05) is 12.1 Å². The molecule has 6 heteroatoms. The number of methoxy groups -OCH3 is 1. The fraction of sp³-hybridized carbons (Fsp3) is 0.300. The van der Waals surface area contributed by atoms with Crippen molar-refractivity contribution in [2.24, 2.45) is 0 Å². The van der Waals surface area contributed by atoms with Crippen molar-refractivity contribution < 1.29 is 23.1 Å². The molecule has 0 bridgehead atoms. The maximum absolute atomic E-state index is 11.4. The summed E-state index contributed by atoms with van der Waals surface area (Å²) >= 11 is 0. The van der Waals surface area contributed by atoms with Gasteiger partial charge in [0, 0.05) is 7.11 Å². The molecule has 0 saturated carbocycles. The molecule has 5 nitrogen and oxygen atoms in total. The van der Waals surface area contributed by atoms with Gasteiger partial charge in [-0.25, -0.2) is 13.2 Å². The summed E-state index contributed by atoms with van der Waals surface area (Å²) in [4.78, 5) is 10.7. The summed E-state index contributed by atoms with van der Waals surface area (Å²) in [6.45, 7) is 0. The van der Waals surface area contributed by atoms with Gasteiger partial charge in [0.05, 0.1) is 11.3 Å². The summed E-state index contributed by atoms with van der Waals surface area (Å²) < 4.78 is 27.4. The lowest BCUT2D eigenvalue weighted by Gasteiger charge is -2.04. The van der Waals surface area contributed by atoms with Gasteiger partial charge in [0.2, 0.25) is 0 Å². The van der Waals surface area contributed by atoms with Crippen LogP contribution in [0.15, 0.2) is 24.3 Å². The van der Waals surface area contributed by atoms with E-state index in [4.69, 9.17) is 5.11 Å². The van der Waals surface area contributed by atoms with Crippen LogP contribution < -0.4 is 0 Å². The van der Waals surface area contributed by atoms with E-state index >= 15 is 0 Å². The first-order valence-corrected chi connectivity index (χ1v) is 6.28. The van der Waals surface area contributed by atoms with Crippen LogP contribution in [0.2, 0.25) is 0 Å². The van der Waals surface area contributed by atoms with E-state index in [-0.39, 0.29) is 17.3 Å². The van der Waals surface area contributed by atoms with Gasteiger partial charge >= 0.3 is 5.97 Å². The second kappa shape index (κ2) is 5.09. The Bertz CT molecular complexity index is 478. The van der Waals surface area contributed by atoms with Crippen LogP contribution in [0.3, 0.4) is 0 Å². The van der Waals surface area contributed by atoms with Gasteiger partial charge in [-0.05, 0) is 17.7 Å². The molecule has 0 spiro atoms. The van der Waals surface area contributed by atoms with E-state index in [0.29, 0.717) is 5.56 Å². The molecule has 0 radical (unpaired) electrons. The highest BCUT2D eigenvalue weighted by atomic mass is 32.2. The zero-order valence-electron chi connectivity index (χ0n) is 8.71. The van der Waals surface area contributed by atoms with Crippen LogP contribution in [0, 0.1) is 0 Å². The third kappa shape index (κ3) is 3.63. The van der Waals surface area contributed by atoms with E-state index in [9.17, 15) is 13.2 Å². The van der Waals surface area contributed by atoms with E-state index in [1.54, 1.807) is 6.07 Å². The SMILES string of the molecule is COCS(=O)(=O)Cc1cccc(C(=O)O)c1. The zero-order chi connectivity index (χ0) is 12.2. The molecule has 0 heterocycles. The fourth-order valence-electron chi connectivity index (χ4n) is 1.27. The lowest BCUT2D eigenvalue weighted by molar-refractivity contribution is 0.0696. The summed E-state index contributed by atoms with van der Waals surface area (Å²) in [6, 6.07) is 5.84. The number of carboxylic acids is 1. The summed E-state index contributed by atoms with van der Waals surface area (Å²) in [5.41, 5.74) is 0.516. The average Bonchev–Trinajstić information content (AvgIpc) is 2.17. The number of ether oxygens (including phenoxy) is 1. The second-order valence-corrected chi connectivity index (χ2v) is 5.31. The van der Waals surface area contributed by atoms with Gasteiger partial charge in [0.25, 0.3) is 0 Å². The summed E-state index contributed by atoms with van der Waals surface area (Å²) in [6.07, 6.45) is 0. The molecule has 0 aliphatic heterocycles. The van der Waals surface area contributed by atoms with Crippen molar-refractivity contribution in [3.8, 4) is 0 Å². The van der Waals surface area contributed by atoms with E-state index in [1.807, 2.05) is 0 Å². The zero-order valence-corrected chi connectivity index (χ0v) is 9.53. The van der Waals surface area contributed by atoms with E-state index < -0.39 is 15.8 Å². The molecule has 0 amide bonds. The second-order valence-electron chi connectivity index (χ2n) is 3.30. The number of carboxylic acid groups (broad SMARTS) is 1. The van der Waals surface area contributed by atoms with Crippen molar-refractivity contribution in [3.63, 3.8) is 0 Å². The predicted molar refractivity (Wildman–Crippen MR) is 57.9 cm³/mol. The van der Waals surface area contributed by atoms with Gasteiger partial charge < -0.3 is 9.84 Å². The molecule has 0 aromatic heterocycles. The molecule has 0 saturated heterocycles. The van der Waals surface area contributed by atoms with Crippen molar-refractivity contribution in [2.45, 2.75) is 5.75 Å². The summed E-state index contributed by atoms with van der Waals surface area (Å²) in [7, 11) is -2.05. The van der Waals surface area contributed by atoms with Crippen LogP contribution in [0.1, 0.15) is 15.9 Å². The number of rotatable bonds is 5. The minimum absolute atomic E-state index is 0.0742. The lowest BCUT2D eigenvalue weighted by Crippen LogP contribution is -2.11. The van der Waals surface area contributed by atoms with Crippen LogP contribution in [-0.4, -0.2) is 32.5 Å². The Morgan fingerprint density at radius 1 is 1.44 bits per heavy atom. The third-order valence-electron chi connectivity index (χ3n) is 1.86. The summed E-state index contributed by atoms with van der Waals surface area (Å²) in [5, 5.41) is 8.74. The van der Waals surface area contributed by atoms with Crippen molar-refractivity contribution in [1.29, 1.82) is 0 Å². The van der Waals surface area contributed by atoms with Gasteiger partial charge in [-0.15, -0.1) is 0 Å². The number of benzene rings is 1. The highest BCUT2D eigenvalue weighted by Crippen LogP contribution is 2.10. The van der Waals surface area contributed by atoms with E-state index in [0.717, 1.165) is 0 Å². The molecule has 1 rings (SSSR count). The Hall–Kier alpha value is -1.40. The van der Waals surface area contributed by atoms with Crippen LogP contribution >= 0.6 is 0 Å². The van der Waals surface area contributed by atoms with Crippen molar-refractivity contribution in [1.82, 2.24) is 0 Å². The maximum Gasteiger partial charge on any atom is 0.335 e. The minimum Gasteiger partial charge on any atom is -0.478 e. The smallest absolute Gasteiger partial charge is 0.335 e. The number of carbonyl (C=O) groups is 1. The minimum atomic E-state index is -3.34. The van der Waals surface area contributed by atoms with E-state index in [2.05, 4.69) is 4.74 Å². The number of hydrogen-bond donors (Lipinski definition) is 1. The summed E-state index contributed by atoms with van der Waals surface area (Å²) in [5.74, 6) is -1.67. The Labute approximate surface area is 93.6 Å². The third-order valence-corrected chi connectivity index (χ3v) is 3.23. The monoisotopic (exact) mass is 244 g/mol. The molecule has 0 aliphatic rings. The topological polar surface area (TPSA) is 80.7 Å². The lowest BCUT2D eigenvalue weighted by atomic mass is 10.1. The largest absolute Gasteiger partial charge is 0.478 e. The Balaban J connectivity index is 2.90. The molecule has 88 valence electrons. The van der Waals surface area contributed by atoms with Gasteiger partial charge in [0.1, 0.15) is 5.94 Å². The predicted octanol–water partition coefficient (Wildman–Crippen LogP) is 0.904. The standard InChI is InChI=1S/C10H12O5S/c1-15-7-16(13,14)6-8-3-2-4-9(5-8)10(11)12/h2-5H,6-7H2,1H3,(H,11,12). The molecule has 0 atom stereocenters. The molecular weight excluding hydrogens is 232 g/mol. The molecule has 1 aromatic rings. The van der Waals surface area contributed by atoms with Gasteiger partial charge in [0.15, 0.2) is 9.84 Å². The Kier molecular flexibility index (Phi) is 4.03. The number of sulfone groups is 1. The fourth-order valence-corrected chi connectivity index (χ4v) is 2.40. The molecule has 16 heavy (non-hydrogen) atoms. The normalized spacial score (nSPS) is 11.3. The average molecular weight is 244 g/mol. The van der Waals surface area contributed by atoms with Crippen molar-refractivity contribution in [2.75, 3.05) is 13.0 Å². The van der Waals surface area contributed by atoms with Crippen LogP contribution in [0.5, 0.6) is 0 Å². The molecule has 0 fully saturated rings. The first kappa shape index (κ1) is 12.7. The van der Waals surface area contributed by atoms with Crippen LogP contribution in [0.25, 0.3) is 0 Å². The van der Waals surface area contributed by atoms with Crippen LogP contribution in [-0.2, 0) is 20.3 Å². The Morgan fingerprint density at radius 3 is 2.69 bits per heavy atom. The number of hydrogen-bond acceptors (Lipinski definition) is 4. The highest BCUT2D eigenvalue weighted by molar-refractivity contribution is 7.90. The quantitative estimate of drug-likeness (QED) is 0.832. The number of aromatic carboxylic acids is 1.